The molecule has 12 nitrogen and oxygen atoms in total. The van der Waals surface area contributed by atoms with Gasteiger partial charge >= 0.3 is 0 Å². The topological polar surface area (TPSA) is 178 Å². The van der Waals surface area contributed by atoms with Crippen LogP contribution < -0.4 is 21.3 Å². The number of carbonyl (C=O) groups is 4. The summed E-state index contributed by atoms with van der Waals surface area (Å²) in [7, 11) is 0. The molecule has 2 aromatic heterocycles. The molecule has 206 valence electrons. The van der Waals surface area contributed by atoms with Gasteiger partial charge in [-0.15, -0.1) is 0 Å². The average molecular weight is 537 g/mol. The Bertz CT molecular complexity index is 1270. The van der Waals surface area contributed by atoms with Crippen molar-refractivity contribution in [3.63, 3.8) is 0 Å². The van der Waals surface area contributed by atoms with E-state index in [9.17, 15) is 24.3 Å². The Morgan fingerprint density at radius 1 is 1.10 bits per heavy atom. The molecule has 0 saturated heterocycles. The second kappa shape index (κ2) is 12.9. The van der Waals surface area contributed by atoms with E-state index in [-0.39, 0.29) is 18.1 Å². The number of nitrogens with zero attached hydrogens (tertiary/aromatic N) is 1. The summed E-state index contributed by atoms with van der Waals surface area (Å²) in [6.07, 6.45) is 3.21. The molecule has 0 aliphatic carbocycles. The van der Waals surface area contributed by atoms with Gasteiger partial charge in [-0.25, -0.2) is 4.98 Å². The molecule has 3 heterocycles. The molecule has 0 fully saturated rings. The van der Waals surface area contributed by atoms with Crippen LogP contribution in [0.5, 0.6) is 0 Å². The second-order valence-corrected chi connectivity index (χ2v) is 9.41. The second-order valence-electron chi connectivity index (χ2n) is 9.41. The first-order valence-electron chi connectivity index (χ1n) is 12.8. The zero-order valence-corrected chi connectivity index (χ0v) is 21.5. The van der Waals surface area contributed by atoms with Crippen molar-refractivity contribution < 1.29 is 28.7 Å². The normalized spacial score (nSPS) is 21.8. The number of aromatic amines is 1. The van der Waals surface area contributed by atoms with Crippen LogP contribution in [-0.2, 0) is 16.0 Å². The van der Waals surface area contributed by atoms with E-state index in [4.69, 9.17) is 4.42 Å². The summed E-state index contributed by atoms with van der Waals surface area (Å²) in [5.41, 5.74) is 1.09. The largest absolute Gasteiger partial charge is 0.446 e. The van der Waals surface area contributed by atoms with Crippen LogP contribution in [-0.4, -0.2) is 63.4 Å². The maximum absolute atomic E-state index is 13.5. The van der Waals surface area contributed by atoms with Crippen LogP contribution in [0.25, 0.3) is 0 Å². The zero-order valence-electron chi connectivity index (χ0n) is 21.5. The number of hydrogen-bond donors (Lipinski definition) is 6. The SMILES string of the molecule is C[C@@H](O)[C@@H]1NC(=O)c2coc(n2)[C@H](Cc2ccccc2)NC(=O)[C@@H](NC(=O)c2ccc[nH]2)CCCCNC1=O. The van der Waals surface area contributed by atoms with Crippen molar-refractivity contribution in [3.05, 3.63) is 77.8 Å². The first-order valence-corrected chi connectivity index (χ1v) is 12.8. The Balaban J connectivity index is 1.63. The maximum Gasteiger partial charge on any atom is 0.273 e. The number of rotatable bonds is 5. The zero-order chi connectivity index (χ0) is 27.8. The predicted octanol–water partition coefficient (Wildman–Crippen LogP) is 0.981. The number of carbonyl (C=O) groups excluding carboxylic acids is 4. The average Bonchev–Trinajstić information content (AvgIpc) is 3.63. The number of hydrogen-bond acceptors (Lipinski definition) is 7. The molecule has 4 amide bonds. The van der Waals surface area contributed by atoms with E-state index in [1.54, 1.807) is 18.3 Å². The molecule has 0 radical (unpaired) electrons. The van der Waals surface area contributed by atoms with Crippen LogP contribution in [0.1, 0.15) is 64.7 Å². The van der Waals surface area contributed by atoms with Crippen molar-refractivity contribution >= 4 is 23.6 Å². The summed E-state index contributed by atoms with van der Waals surface area (Å²) in [6.45, 7) is 1.65. The van der Waals surface area contributed by atoms with E-state index in [1.807, 2.05) is 30.3 Å². The van der Waals surface area contributed by atoms with Gasteiger partial charge in [0, 0.05) is 19.2 Å². The summed E-state index contributed by atoms with van der Waals surface area (Å²) in [5, 5.41) is 21.0. The summed E-state index contributed by atoms with van der Waals surface area (Å²) in [5.74, 6) is -2.05. The molecular weight excluding hydrogens is 504 g/mol. The molecule has 3 aromatic rings. The van der Waals surface area contributed by atoms with Crippen LogP contribution >= 0.6 is 0 Å². The van der Waals surface area contributed by atoms with E-state index < -0.39 is 47.9 Å². The van der Waals surface area contributed by atoms with Crippen molar-refractivity contribution in [1.29, 1.82) is 0 Å². The van der Waals surface area contributed by atoms with Crippen molar-refractivity contribution in [3.8, 4) is 0 Å². The van der Waals surface area contributed by atoms with Crippen LogP contribution in [0.2, 0.25) is 0 Å². The fraction of sp³-hybridized carbons (Fsp3) is 0.370. The lowest BCUT2D eigenvalue weighted by Crippen LogP contribution is -2.52. The fourth-order valence-corrected chi connectivity index (χ4v) is 4.27. The number of oxazole rings is 1. The summed E-state index contributed by atoms with van der Waals surface area (Å²) in [4.78, 5) is 58.8. The molecule has 6 N–H and O–H groups in total. The van der Waals surface area contributed by atoms with E-state index >= 15 is 0 Å². The quantitative estimate of drug-likeness (QED) is 0.281. The first kappa shape index (κ1) is 27.6. The molecular formula is C27H32N6O6. The van der Waals surface area contributed by atoms with Gasteiger partial charge in [-0.1, -0.05) is 30.3 Å². The van der Waals surface area contributed by atoms with Crippen LogP contribution in [0, 0.1) is 0 Å². The monoisotopic (exact) mass is 536 g/mol. The number of aromatic nitrogens is 2. The molecule has 1 aliphatic heterocycles. The third-order valence-electron chi connectivity index (χ3n) is 6.39. The molecule has 0 saturated carbocycles. The standard InChI is InChI=1S/C27H32N6O6/c1-16(34)22-26(38)29-12-6-5-10-19(30-23(35)18-11-7-13-28-18)24(36)31-20(14-17-8-3-2-4-9-17)27-32-21(15-39-27)25(37)33-22/h2-4,7-9,11,13,15-16,19-20,22,28,34H,5-6,10,12,14H2,1H3,(H,29,38)(H,30,35)(H,31,36)(H,33,37)/t16-,19+,20+,22+/m1/s1. The van der Waals surface area contributed by atoms with Crippen molar-refractivity contribution in [1.82, 2.24) is 31.2 Å². The molecule has 4 atom stereocenters. The summed E-state index contributed by atoms with van der Waals surface area (Å²) in [6, 6.07) is 9.83. The smallest absolute Gasteiger partial charge is 0.273 e. The van der Waals surface area contributed by atoms with E-state index in [1.165, 1.54) is 6.92 Å². The molecule has 0 unspecified atom stereocenters. The minimum atomic E-state index is -1.20. The minimum absolute atomic E-state index is 0.0805. The Morgan fingerprint density at radius 3 is 2.62 bits per heavy atom. The van der Waals surface area contributed by atoms with Gasteiger partial charge in [0.05, 0.1) is 6.10 Å². The molecule has 1 aliphatic rings. The molecule has 4 rings (SSSR count). The third-order valence-corrected chi connectivity index (χ3v) is 6.39. The van der Waals surface area contributed by atoms with E-state index in [2.05, 4.69) is 31.2 Å². The molecule has 39 heavy (non-hydrogen) atoms. The number of amides is 4. The maximum atomic E-state index is 13.5. The minimum Gasteiger partial charge on any atom is -0.446 e. The predicted molar refractivity (Wildman–Crippen MR) is 139 cm³/mol. The third kappa shape index (κ3) is 7.32. The molecule has 12 heteroatoms. The van der Waals surface area contributed by atoms with Gasteiger partial charge < -0.3 is 35.8 Å². The van der Waals surface area contributed by atoms with E-state index in [0.717, 1.165) is 11.8 Å². The number of benzene rings is 1. The highest BCUT2D eigenvalue weighted by Crippen LogP contribution is 2.20. The highest BCUT2D eigenvalue weighted by molar-refractivity contribution is 5.97. The number of nitrogens with one attached hydrogen (secondary N) is 5. The number of H-pyrrole nitrogens is 1. The Hall–Kier alpha value is -4.45. The van der Waals surface area contributed by atoms with Crippen molar-refractivity contribution in [2.75, 3.05) is 6.54 Å². The van der Waals surface area contributed by atoms with Gasteiger partial charge in [-0.2, -0.15) is 0 Å². The van der Waals surface area contributed by atoms with Crippen molar-refractivity contribution in [2.24, 2.45) is 0 Å². The summed E-state index contributed by atoms with van der Waals surface area (Å²) < 4.78 is 5.60. The molecule has 2 bridgehead atoms. The van der Waals surface area contributed by atoms with Crippen molar-refractivity contribution in [2.45, 2.75) is 56.8 Å². The van der Waals surface area contributed by atoms with Crippen LogP contribution in [0.3, 0.4) is 0 Å². The molecule has 0 spiro atoms. The first-order chi connectivity index (χ1) is 18.8. The number of aliphatic hydroxyl groups excluding tert-OH is 1. The highest BCUT2D eigenvalue weighted by atomic mass is 16.3. The lowest BCUT2D eigenvalue weighted by atomic mass is 10.0. The van der Waals surface area contributed by atoms with Gasteiger partial charge in [-0.3, -0.25) is 19.2 Å². The van der Waals surface area contributed by atoms with Gasteiger partial charge in [0.1, 0.15) is 30.1 Å². The Labute approximate surface area is 225 Å². The van der Waals surface area contributed by atoms with Gasteiger partial charge in [0.15, 0.2) is 5.69 Å². The lowest BCUT2D eigenvalue weighted by molar-refractivity contribution is -0.125. The summed E-state index contributed by atoms with van der Waals surface area (Å²) >= 11 is 0. The van der Waals surface area contributed by atoms with Gasteiger partial charge in [0.2, 0.25) is 17.7 Å². The molecule has 1 aromatic carbocycles. The fourth-order valence-electron chi connectivity index (χ4n) is 4.27. The van der Waals surface area contributed by atoms with Crippen LogP contribution in [0.15, 0.2) is 59.3 Å². The van der Waals surface area contributed by atoms with Crippen LogP contribution in [0.4, 0.5) is 0 Å². The number of fused-ring (bicyclic) bond motifs is 2. The van der Waals surface area contributed by atoms with Gasteiger partial charge in [0.25, 0.3) is 11.8 Å². The number of aliphatic hydroxyl groups is 1. The Morgan fingerprint density at radius 2 is 1.90 bits per heavy atom. The van der Waals surface area contributed by atoms with E-state index in [0.29, 0.717) is 31.4 Å². The van der Waals surface area contributed by atoms with Gasteiger partial charge in [-0.05, 0) is 43.9 Å². The highest BCUT2D eigenvalue weighted by Gasteiger charge is 2.30. The Kier molecular flexibility index (Phi) is 9.10. The lowest BCUT2D eigenvalue weighted by Gasteiger charge is -2.23.